The first-order valence-electron chi connectivity index (χ1n) is 22.2. The van der Waals surface area contributed by atoms with Crippen LogP contribution < -0.4 is 18.9 Å². The summed E-state index contributed by atoms with van der Waals surface area (Å²) < 4.78 is 27.7. The molecule has 0 unspecified atom stereocenters. The number of rotatable bonds is 12. The monoisotopic (exact) mass is 792 g/mol. The van der Waals surface area contributed by atoms with Crippen LogP contribution in [0.2, 0.25) is 0 Å². The lowest BCUT2D eigenvalue weighted by Gasteiger charge is -2.25. The predicted octanol–water partition coefficient (Wildman–Crippen LogP) is 14.1. The third kappa shape index (κ3) is 7.53. The number of fused-ring (bicyclic) bond motifs is 16. The lowest BCUT2D eigenvalue weighted by Crippen LogP contribution is -2.10. The molecule has 0 radical (unpaired) electrons. The fourth-order valence-corrected chi connectivity index (χ4v) is 9.38. The van der Waals surface area contributed by atoms with Gasteiger partial charge in [-0.2, -0.15) is 0 Å². The van der Waals surface area contributed by atoms with E-state index in [9.17, 15) is 0 Å². The molecule has 0 saturated carbocycles. The molecule has 8 aromatic rings. The summed E-state index contributed by atoms with van der Waals surface area (Å²) in [6, 6.07) is 44.9. The van der Waals surface area contributed by atoms with Crippen molar-refractivity contribution in [3.63, 3.8) is 0 Å². The quantitative estimate of drug-likeness (QED) is 0.115. The number of hydrogen-bond acceptors (Lipinski definition) is 4. The maximum Gasteiger partial charge on any atom is 0.127 e. The van der Waals surface area contributed by atoms with E-state index in [0.29, 0.717) is 52.1 Å². The molecule has 0 N–H and O–H groups in total. The van der Waals surface area contributed by atoms with Crippen molar-refractivity contribution in [3.8, 4) is 23.0 Å². The van der Waals surface area contributed by atoms with Crippen LogP contribution in [0.4, 0.5) is 0 Å². The molecule has 0 fully saturated rings. The van der Waals surface area contributed by atoms with E-state index < -0.39 is 0 Å². The third-order valence-corrected chi connectivity index (χ3v) is 12.0. The van der Waals surface area contributed by atoms with E-state index in [1.807, 2.05) is 0 Å². The topological polar surface area (TPSA) is 36.9 Å². The van der Waals surface area contributed by atoms with Crippen molar-refractivity contribution in [3.05, 3.63) is 166 Å². The second-order valence-corrected chi connectivity index (χ2v) is 16.4. The molecule has 1 aliphatic rings. The zero-order valence-corrected chi connectivity index (χ0v) is 35.7. The highest BCUT2D eigenvalue weighted by Crippen LogP contribution is 2.45. The van der Waals surface area contributed by atoms with Gasteiger partial charge >= 0.3 is 0 Å². The zero-order chi connectivity index (χ0) is 41.0. The Balaban J connectivity index is 1.41. The largest absolute Gasteiger partial charge is 0.493 e. The van der Waals surface area contributed by atoms with Crippen LogP contribution in [0, 0.1) is 0 Å². The van der Waals surface area contributed by atoms with E-state index in [2.05, 4.69) is 149 Å². The number of ether oxygens (including phenoxy) is 4. The van der Waals surface area contributed by atoms with Crippen LogP contribution in [0.1, 0.15) is 97.9 Å². The molecule has 0 amide bonds. The summed E-state index contributed by atoms with van der Waals surface area (Å²) in [4.78, 5) is 0. The van der Waals surface area contributed by atoms with E-state index in [1.54, 1.807) is 0 Å². The summed E-state index contributed by atoms with van der Waals surface area (Å²) in [5.74, 6) is 3.89. The first kappa shape index (κ1) is 39.5. The normalized spacial score (nSPS) is 12.6. The van der Waals surface area contributed by atoms with Crippen LogP contribution in [-0.2, 0) is 25.7 Å². The SMILES string of the molecule is CCCOc1c2cccc1Cc1c(OCCC)c(cc3ccc4ccccc4c13)Cc1cc3ccc4ccccc4c3c(c1OCCC)Cc1cccc(c1OCCC)C2. The third-order valence-electron chi connectivity index (χ3n) is 12.0. The van der Waals surface area contributed by atoms with Crippen LogP contribution in [0.5, 0.6) is 23.0 Å². The molecule has 60 heavy (non-hydrogen) atoms. The summed E-state index contributed by atoms with van der Waals surface area (Å²) >= 11 is 0. The first-order chi connectivity index (χ1) is 29.6. The minimum Gasteiger partial charge on any atom is -0.493 e. The molecule has 304 valence electrons. The van der Waals surface area contributed by atoms with Crippen LogP contribution in [0.25, 0.3) is 43.1 Å². The minimum absolute atomic E-state index is 0.624. The molecule has 4 heteroatoms. The lowest BCUT2D eigenvalue weighted by atomic mass is 9.85. The highest BCUT2D eigenvalue weighted by molar-refractivity contribution is 6.12. The van der Waals surface area contributed by atoms with E-state index >= 15 is 0 Å². The van der Waals surface area contributed by atoms with Gasteiger partial charge in [-0.25, -0.2) is 0 Å². The molecule has 0 saturated heterocycles. The van der Waals surface area contributed by atoms with Crippen molar-refractivity contribution < 1.29 is 18.9 Å². The Kier molecular flexibility index (Phi) is 11.6. The molecule has 0 aliphatic heterocycles. The predicted molar refractivity (Wildman–Crippen MR) is 250 cm³/mol. The summed E-state index contributed by atoms with van der Waals surface area (Å²) in [6.07, 6.45) is 6.33. The summed E-state index contributed by atoms with van der Waals surface area (Å²) in [6.45, 7) is 11.3. The molecule has 0 atom stereocenters. The lowest BCUT2D eigenvalue weighted by molar-refractivity contribution is 0.305. The van der Waals surface area contributed by atoms with Crippen LogP contribution >= 0.6 is 0 Å². The maximum atomic E-state index is 7.04. The van der Waals surface area contributed by atoms with Gasteiger partial charge in [0.15, 0.2) is 0 Å². The number of para-hydroxylation sites is 2. The fourth-order valence-electron chi connectivity index (χ4n) is 9.38. The Morgan fingerprint density at radius 3 is 1.10 bits per heavy atom. The van der Waals surface area contributed by atoms with Crippen molar-refractivity contribution in [2.45, 2.75) is 79.1 Å². The maximum absolute atomic E-state index is 7.04. The Morgan fingerprint density at radius 1 is 0.333 bits per heavy atom. The highest BCUT2D eigenvalue weighted by Gasteiger charge is 2.26. The van der Waals surface area contributed by atoms with Gasteiger partial charge in [-0.15, -0.1) is 0 Å². The van der Waals surface area contributed by atoms with E-state index in [1.165, 1.54) is 87.6 Å². The van der Waals surface area contributed by atoms with Crippen molar-refractivity contribution >= 4 is 43.1 Å². The van der Waals surface area contributed by atoms with Crippen LogP contribution in [0.15, 0.2) is 121 Å². The van der Waals surface area contributed by atoms with E-state index in [0.717, 1.165) is 48.7 Å². The Bertz CT molecular complexity index is 2640. The molecule has 8 aromatic carbocycles. The standard InChI is InChI=1S/C56H56O4/c1-5-27-57-53-41-17-13-19-43(53)35-49-51-39(25-23-37-15-9-11-21-47(37)51)31-45(55(49)59-29-7-3)34-46-32-40-26-24-38-16-10-12-22-48(38)52(40)50(56(46)60-30-8-4)36-44-20-14-18-42(33-41)54(44)58-28-6-2/h9-26,31-32H,5-8,27-30,33-36H2,1-4H3. The fraction of sp³-hybridized carbons (Fsp3) is 0.286. The average molecular weight is 793 g/mol. The molecule has 0 aromatic heterocycles. The molecular formula is C56H56O4. The van der Waals surface area contributed by atoms with Crippen molar-refractivity contribution in [1.82, 2.24) is 0 Å². The first-order valence-corrected chi connectivity index (χ1v) is 22.2. The van der Waals surface area contributed by atoms with Crippen molar-refractivity contribution in [1.29, 1.82) is 0 Å². The molecule has 0 spiro atoms. The van der Waals surface area contributed by atoms with Gasteiger partial charge in [-0.3, -0.25) is 0 Å². The molecule has 8 bridgehead atoms. The number of hydrogen-bond donors (Lipinski definition) is 0. The molecular weight excluding hydrogens is 737 g/mol. The van der Waals surface area contributed by atoms with E-state index in [4.69, 9.17) is 18.9 Å². The van der Waals surface area contributed by atoms with Gasteiger partial charge in [-0.05, 0) is 114 Å². The average Bonchev–Trinajstić information content (AvgIpc) is 3.27. The Morgan fingerprint density at radius 2 is 0.683 bits per heavy atom. The second kappa shape index (κ2) is 17.7. The van der Waals surface area contributed by atoms with Crippen molar-refractivity contribution in [2.24, 2.45) is 0 Å². The minimum atomic E-state index is 0.624. The van der Waals surface area contributed by atoms with Gasteiger partial charge in [0.05, 0.1) is 26.4 Å². The summed E-state index contributed by atoms with van der Waals surface area (Å²) in [5.41, 5.74) is 9.41. The van der Waals surface area contributed by atoms with E-state index in [-0.39, 0.29) is 0 Å². The Hall–Kier alpha value is -6.00. The smallest absolute Gasteiger partial charge is 0.127 e. The van der Waals surface area contributed by atoms with Gasteiger partial charge in [0.1, 0.15) is 23.0 Å². The summed E-state index contributed by atoms with van der Waals surface area (Å²) in [5, 5.41) is 9.83. The summed E-state index contributed by atoms with van der Waals surface area (Å²) in [7, 11) is 0. The van der Waals surface area contributed by atoms with Crippen LogP contribution in [0.3, 0.4) is 0 Å². The van der Waals surface area contributed by atoms with Gasteiger partial charge in [0.2, 0.25) is 0 Å². The van der Waals surface area contributed by atoms with Crippen LogP contribution in [-0.4, -0.2) is 26.4 Å². The van der Waals surface area contributed by atoms with Gasteiger partial charge in [-0.1, -0.05) is 137 Å². The zero-order valence-electron chi connectivity index (χ0n) is 35.7. The molecule has 4 nitrogen and oxygen atoms in total. The van der Waals surface area contributed by atoms with Crippen molar-refractivity contribution in [2.75, 3.05) is 26.4 Å². The molecule has 9 rings (SSSR count). The van der Waals surface area contributed by atoms with Gasteiger partial charge < -0.3 is 18.9 Å². The second-order valence-electron chi connectivity index (χ2n) is 16.4. The Labute approximate surface area is 355 Å². The van der Waals surface area contributed by atoms with Gasteiger partial charge in [0.25, 0.3) is 0 Å². The molecule has 0 heterocycles. The van der Waals surface area contributed by atoms with Gasteiger partial charge in [0, 0.05) is 36.8 Å². The number of benzene rings is 8. The highest BCUT2D eigenvalue weighted by atomic mass is 16.5. The molecule has 1 aliphatic carbocycles.